The monoisotopic (exact) mass is 516 g/mol. The number of fused-ring (bicyclic) bond motifs is 3. The summed E-state index contributed by atoms with van der Waals surface area (Å²) in [6.45, 7) is 0.180. The second-order valence-electron chi connectivity index (χ2n) is 9.68. The van der Waals surface area contributed by atoms with Crippen molar-refractivity contribution in [3.8, 4) is 16.9 Å². The molecule has 0 unspecified atom stereocenters. The van der Waals surface area contributed by atoms with Gasteiger partial charge in [-0.1, -0.05) is 54.6 Å². The molecule has 2 aliphatic rings. The standard InChI is InChI=1S/C30H32N2O6/c1-36-18-29(35)32-22-11-12-26-24(13-22)25-14-23(37-27(17-33)30(25)38-26)15-28(34)31-16-19-7-9-21(10-8-19)20-5-3-2-4-6-20/h2-13,23,25,27,30,33H,14-18H2,1H3,(H,31,34)(H,32,35)/t23-,25-,27+,30+/m1/s1. The Morgan fingerprint density at radius 1 is 1.00 bits per heavy atom. The lowest BCUT2D eigenvalue weighted by atomic mass is 9.84. The van der Waals surface area contributed by atoms with Gasteiger partial charge in [-0.15, -0.1) is 0 Å². The average Bonchev–Trinajstić information content (AvgIpc) is 3.30. The van der Waals surface area contributed by atoms with E-state index >= 15 is 0 Å². The topological polar surface area (TPSA) is 106 Å². The normalized spacial score (nSPS) is 21.6. The molecule has 3 N–H and O–H groups in total. The van der Waals surface area contributed by atoms with Crippen molar-refractivity contribution in [2.45, 2.75) is 43.6 Å². The number of benzene rings is 3. The Hall–Kier alpha value is -3.72. The molecule has 1 fully saturated rings. The number of aliphatic hydroxyl groups is 1. The van der Waals surface area contributed by atoms with E-state index in [-0.39, 0.29) is 49.6 Å². The van der Waals surface area contributed by atoms with Crippen LogP contribution in [0.3, 0.4) is 0 Å². The molecule has 8 heteroatoms. The van der Waals surface area contributed by atoms with Crippen LogP contribution in [0.25, 0.3) is 11.1 Å². The maximum absolute atomic E-state index is 12.8. The van der Waals surface area contributed by atoms with Crippen LogP contribution in [0, 0.1) is 0 Å². The van der Waals surface area contributed by atoms with Gasteiger partial charge in [-0.05, 0) is 41.3 Å². The van der Waals surface area contributed by atoms with Gasteiger partial charge in [-0.3, -0.25) is 9.59 Å². The van der Waals surface area contributed by atoms with Crippen LogP contribution in [-0.2, 0) is 25.6 Å². The Bertz CT molecular complexity index is 1260. The fourth-order valence-electron chi connectivity index (χ4n) is 5.22. The van der Waals surface area contributed by atoms with Crippen molar-refractivity contribution in [3.05, 3.63) is 83.9 Å². The molecule has 2 aliphatic heterocycles. The second-order valence-corrected chi connectivity index (χ2v) is 9.68. The van der Waals surface area contributed by atoms with Crippen molar-refractivity contribution in [2.24, 2.45) is 0 Å². The highest BCUT2D eigenvalue weighted by atomic mass is 16.6. The number of anilines is 1. The third kappa shape index (κ3) is 5.88. The van der Waals surface area contributed by atoms with Gasteiger partial charge >= 0.3 is 0 Å². The Labute approximate surface area is 221 Å². The van der Waals surface area contributed by atoms with Crippen molar-refractivity contribution in [3.63, 3.8) is 0 Å². The molecule has 5 rings (SSSR count). The summed E-state index contributed by atoms with van der Waals surface area (Å²) in [7, 11) is 1.47. The number of carbonyl (C=O) groups excluding carboxylic acids is 2. The summed E-state index contributed by atoms with van der Waals surface area (Å²) in [5.41, 5.74) is 4.88. The summed E-state index contributed by atoms with van der Waals surface area (Å²) >= 11 is 0. The highest BCUT2D eigenvalue weighted by Crippen LogP contribution is 2.47. The molecule has 1 saturated heterocycles. The third-order valence-electron chi connectivity index (χ3n) is 7.02. The van der Waals surface area contributed by atoms with Crippen LogP contribution in [0.15, 0.2) is 72.8 Å². The smallest absolute Gasteiger partial charge is 0.250 e. The first-order valence-corrected chi connectivity index (χ1v) is 12.8. The zero-order valence-corrected chi connectivity index (χ0v) is 21.3. The zero-order chi connectivity index (χ0) is 26.5. The van der Waals surface area contributed by atoms with E-state index in [1.165, 1.54) is 7.11 Å². The largest absolute Gasteiger partial charge is 0.487 e. The molecule has 2 heterocycles. The van der Waals surface area contributed by atoms with Crippen molar-refractivity contribution >= 4 is 17.5 Å². The van der Waals surface area contributed by atoms with Gasteiger partial charge < -0.3 is 30.0 Å². The van der Waals surface area contributed by atoms with E-state index in [4.69, 9.17) is 14.2 Å². The predicted octanol–water partition coefficient (Wildman–Crippen LogP) is 3.64. The summed E-state index contributed by atoms with van der Waals surface area (Å²) < 4.78 is 17.1. The van der Waals surface area contributed by atoms with Crippen molar-refractivity contribution in [1.82, 2.24) is 5.32 Å². The maximum atomic E-state index is 12.8. The average molecular weight is 517 g/mol. The van der Waals surface area contributed by atoms with Crippen LogP contribution in [0.5, 0.6) is 5.75 Å². The maximum Gasteiger partial charge on any atom is 0.250 e. The second kappa shape index (κ2) is 11.8. The van der Waals surface area contributed by atoms with E-state index in [0.717, 1.165) is 22.3 Å². The van der Waals surface area contributed by atoms with Gasteiger partial charge in [-0.25, -0.2) is 0 Å². The van der Waals surface area contributed by atoms with Crippen molar-refractivity contribution < 1.29 is 28.9 Å². The van der Waals surface area contributed by atoms with Crippen LogP contribution in [-0.4, -0.2) is 55.6 Å². The zero-order valence-electron chi connectivity index (χ0n) is 21.3. The minimum absolute atomic E-state index is 0.0333. The molecule has 8 nitrogen and oxygen atoms in total. The molecular weight excluding hydrogens is 484 g/mol. The van der Waals surface area contributed by atoms with Gasteiger partial charge in [0, 0.05) is 30.8 Å². The van der Waals surface area contributed by atoms with E-state index in [1.807, 2.05) is 42.5 Å². The first-order chi connectivity index (χ1) is 18.5. The number of rotatable bonds is 9. The number of amides is 2. The summed E-state index contributed by atoms with van der Waals surface area (Å²) in [6.07, 6.45) is -0.502. The molecule has 4 atom stereocenters. The molecular formula is C30H32N2O6. The van der Waals surface area contributed by atoms with Gasteiger partial charge in [-0.2, -0.15) is 0 Å². The van der Waals surface area contributed by atoms with Gasteiger partial charge in [0.05, 0.1) is 19.1 Å². The molecule has 0 saturated carbocycles. The highest BCUT2D eigenvalue weighted by molar-refractivity contribution is 5.92. The first-order valence-electron chi connectivity index (χ1n) is 12.8. The predicted molar refractivity (Wildman–Crippen MR) is 143 cm³/mol. The minimum atomic E-state index is -0.545. The summed E-state index contributed by atoms with van der Waals surface area (Å²) in [5, 5.41) is 15.8. The van der Waals surface area contributed by atoms with E-state index in [9.17, 15) is 14.7 Å². The highest BCUT2D eigenvalue weighted by Gasteiger charge is 2.46. The number of hydrogen-bond donors (Lipinski definition) is 3. The van der Waals surface area contributed by atoms with Crippen molar-refractivity contribution in [2.75, 3.05) is 25.6 Å². The number of ether oxygens (including phenoxy) is 3. The molecule has 0 radical (unpaired) electrons. The van der Waals surface area contributed by atoms with E-state index < -0.39 is 6.10 Å². The fourth-order valence-corrected chi connectivity index (χ4v) is 5.22. The Morgan fingerprint density at radius 2 is 1.76 bits per heavy atom. The molecule has 0 aromatic heterocycles. The Morgan fingerprint density at radius 3 is 2.50 bits per heavy atom. The molecule has 0 bridgehead atoms. The molecule has 0 spiro atoms. The van der Waals surface area contributed by atoms with Gasteiger partial charge in [0.1, 0.15) is 24.6 Å². The lowest BCUT2D eigenvalue weighted by Crippen LogP contribution is -2.47. The quantitative estimate of drug-likeness (QED) is 0.401. The minimum Gasteiger partial charge on any atom is -0.487 e. The van der Waals surface area contributed by atoms with E-state index in [0.29, 0.717) is 24.4 Å². The molecule has 0 aliphatic carbocycles. The number of carbonyl (C=O) groups is 2. The Balaban J connectivity index is 1.19. The SMILES string of the molecule is COCC(=O)Nc1ccc2c(c1)[C@H]1C[C@H](CC(=O)NCc3ccc(-c4ccccc4)cc3)O[C@@H](CO)[C@H]1O2. The molecule has 3 aromatic carbocycles. The van der Waals surface area contributed by atoms with Crippen molar-refractivity contribution in [1.29, 1.82) is 0 Å². The van der Waals surface area contributed by atoms with E-state index in [1.54, 1.807) is 6.07 Å². The summed E-state index contributed by atoms with van der Waals surface area (Å²) in [5.74, 6) is 0.290. The van der Waals surface area contributed by atoms with Crippen LogP contribution >= 0.6 is 0 Å². The van der Waals surface area contributed by atoms with Gasteiger partial charge in [0.2, 0.25) is 11.8 Å². The number of hydrogen-bond acceptors (Lipinski definition) is 6. The number of aliphatic hydroxyl groups excluding tert-OH is 1. The molecule has 38 heavy (non-hydrogen) atoms. The van der Waals surface area contributed by atoms with E-state index in [2.05, 4.69) is 34.9 Å². The van der Waals surface area contributed by atoms with Crippen LogP contribution in [0.4, 0.5) is 5.69 Å². The van der Waals surface area contributed by atoms with Crippen LogP contribution in [0.1, 0.15) is 29.9 Å². The van der Waals surface area contributed by atoms with Crippen LogP contribution < -0.4 is 15.4 Å². The fraction of sp³-hybridized carbons (Fsp3) is 0.333. The lowest BCUT2D eigenvalue weighted by molar-refractivity contribution is -0.142. The molecule has 3 aromatic rings. The number of methoxy groups -OCH3 is 1. The third-order valence-corrected chi connectivity index (χ3v) is 7.02. The first kappa shape index (κ1) is 25.9. The Kier molecular flexibility index (Phi) is 8.03. The number of nitrogens with one attached hydrogen (secondary N) is 2. The molecule has 198 valence electrons. The lowest BCUT2D eigenvalue weighted by Gasteiger charge is -2.37. The van der Waals surface area contributed by atoms with Gasteiger partial charge in [0.15, 0.2) is 0 Å². The van der Waals surface area contributed by atoms with Gasteiger partial charge in [0.25, 0.3) is 0 Å². The molecule has 2 amide bonds. The van der Waals surface area contributed by atoms with Crippen LogP contribution in [0.2, 0.25) is 0 Å². The summed E-state index contributed by atoms with van der Waals surface area (Å²) in [6, 6.07) is 23.8. The summed E-state index contributed by atoms with van der Waals surface area (Å²) in [4.78, 5) is 24.7.